The third kappa shape index (κ3) is 5.01. The lowest BCUT2D eigenvalue weighted by Gasteiger charge is -2.35. The maximum Gasteiger partial charge on any atom is 0.401 e. The summed E-state index contributed by atoms with van der Waals surface area (Å²) in [5, 5.41) is 11.0. The summed E-state index contributed by atoms with van der Waals surface area (Å²) >= 11 is 12.4. The number of rotatable bonds is 4. The van der Waals surface area contributed by atoms with Gasteiger partial charge in [0.05, 0.1) is 46.9 Å². The highest BCUT2D eigenvalue weighted by atomic mass is 35.5. The van der Waals surface area contributed by atoms with Crippen LogP contribution in [0.5, 0.6) is 5.75 Å². The van der Waals surface area contributed by atoms with Gasteiger partial charge in [-0.25, -0.2) is 24.0 Å². The quantitative estimate of drug-likeness (QED) is 0.248. The molecule has 0 saturated carbocycles. The van der Waals surface area contributed by atoms with Gasteiger partial charge >= 0.3 is 12.2 Å². The van der Waals surface area contributed by atoms with E-state index in [0.29, 0.717) is 5.75 Å². The summed E-state index contributed by atoms with van der Waals surface area (Å²) in [6, 6.07) is 1.96. The van der Waals surface area contributed by atoms with E-state index in [2.05, 4.69) is 59.3 Å². The number of alkyl halides is 3. The number of hydrogen-bond donors (Lipinski definition) is 1. The Hall–Kier alpha value is -3.36. The Morgan fingerprint density at radius 3 is 2.46 bits per heavy atom. The molecule has 0 spiro atoms. The Bertz CT molecular complexity index is 1670. The van der Waals surface area contributed by atoms with E-state index in [1.807, 2.05) is 0 Å². The third-order valence-electron chi connectivity index (χ3n) is 7.62. The molecule has 0 radical (unpaired) electrons. The number of pyridine rings is 1. The first-order valence-corrected chi connectivity index (χ1v) is 16.2. The summed E-state index contributed by atoms with van der Waals surface area (Å²) < 4.78 is 51.7. The van der Waals surface area contributed by atoms with Crippen LogP contribution in [0.2, 0.25) is 28.3 Å². The van der Waals surface area contributed by atoms with E-state index in [1.54, 1.807) is 12.4 Å². The first-order chi connectivity index (χ1) is 18.9. The van der Waals surface area contributed by atoms with E-state index >= 15 is 0 Å². The average Bonchev–Trinajstić information content (AvgIpc) is 3.53. The second kappa shape index (κ2) is 9.59. The number of carbonyl (C=O) groups is 1. The van der Waals surface area contributed by atoms with E-state index in [4.69, 9.17) is 27.6 Å². The molecule has 0 saturated heterocycles. The Morgan fingerprint density at radius 1 is 1.12 bits per heavy atom. The number of anilines is 2. The minimum atomic E-state index is -4.70. The van der Waals surface area contributed by atoms with Gasteiger partial charge in [-0.2, -0.15) is 23.4 Å². The van der Waals surface area contributed by atoms with Crippen LogP contribution in [0.4, 0.5) is 29.3 Å². The number of fused-ring (bicyclic) bond motifs is 3. The molecular weight excluding hydrogens is 600 g/mol. The molecule has 1 aliphatic rings. The van der Waals surface area contributed by atoms with Crippen LogP contribution >= 0.6 is 23.2 Å². The molecule has 1 aliphatic heterocycles. The van der Waals surface area contributed by atoms with Crippen LogP contribution in [0, 0.1) is 0 Å². The predicted molar refractivity (Wildman–Crippen MR) is 152 cm³/mol. The van der Waals surface area contributed by atoms with Gasteiger partial charge in [-0.15, -0.1) is 0 Å². The normalized spacial score (nSPS) is 17.7. The van der Waals surface area contributed by atoms with Gasteiger partial charge in [-0.3, -0.25) is 4.90 Å². The average molecular weight is 628 g/mol. The van der Waals surface area contributed by atoms with E-state index in [-0.39, 0.29) is 43.7 Å². The fourth-order valence-corrected chi connectivity index (χ4v) is 5.70. The van der Waals surface area contributed by atoms with Crippen LogP contribution in [-0.2, 0) is 5.41 Å². The molecule has 218 valence electrons. The van der Waals surface area contributed by atoms with Gasteiger partial charge in [0.25, 0.3) is 8.32 Å². The molecule has 0 bridgehead atoms. The number of halogens is 5. The molecule has 0 aromatic carbocycles. The molecular formula is C25H27Cl2F3N8O2Si. The number of urea groups is 1. The lowest BCUT2D eigenvalue weighted by atomic mass is 9.88. The molecule has 41 heavy (non-hydrogen) atoms. The zero-order chi connectivity index (χ0) is 30.1. The highest BCUT2D eigenvalue weighted by molar-refractivity contribution is 6.74. The van der Waals surface area contributed by atoms with Gasteiger partial charge in [0.15, 0.2) is 16.6 Å². The monoisotopic (exact) mass is 626 g/mol. The third-order valence-corrected chi connectivity index (χ3v) is 12.4. The van der Waals surface area contributed by atoms with Crippen LogP contribution < -0.4 is 14.6 Å². The lowest BCUT2D eigenvalue weighted by molar-refractivity contribution is -0.181. The van der Waals surface area contributed by atoms with Crippen molar-refractivity contribution < 1.29 is 22.4 Å². The van der Waals surface area contributed by atoms with Gasteiger partial charge in [-0.1, -0.05) is 44.0 Å². The van der Waals surface area contributed by atoms with E-state index in [9.17, 15) is 18.0 Å². The second-order valence-electron chi connectivity index (χ2n) is 11.6. The maximum absolute atomic E-state index is 14.3. The molecule has 5 rings (SSSR count). The summed E-state index contributed by atoms with van der Waals surface area (Å²) in [5.74, 6) is 0.863. The van der Waals surface area contributed by atoms with E-state index in [0.717, 1.165) is 16.3 Å². The van der Waals surface area contributed by atoms with Crippen molar-refractivity contribution in [1.82, 2.24) is 29.4 Å². The molecule has 4 aromatic rings. The van der Waals surface area contributed by atoms with Crippen LogP contribution in [0.1, 0.15) is 33.4 Å². The summed E-state index contributed by atoms with van der Waals surface area (Å²) in [6.07, 6.45) is 1.08. The van der Waals surface area contributed by atoms with Crippen molar-refractivity contribution in [3.63, 3.8) is 0 Å². The van der Waals surface area contributed by atoms with Crippen LogP contribution in [0.25, 0.3) is 11.5 Å². The van der Waals surface area contributed by atoms with E-state index < -0.39 is 32.5 Å². The van der Waals surface area contributed by atoms with Crippen LogP contribution in [0.15, 0.2) is 36.9 Å². The van der Waals surface area contributed by atoms with Crippen molar-refractivity contribution in [2.45, 2.75) is 57.4 Å². The first-order valence-electron chi connectivity index (χ1n) is 12.5. The number of nitrogens with one attached hydrogen (secondary N) is 1. The molecule has 2 amide bonds. The molecule has 0 unspecified atom stereocenters. The van der Waals surface area contributed by atoms with Crippen molar-refractivity contribution in [2.75, 3.05) is 16.8 Å². The second-order valence-corrected chi connectivity index (χ2v) is 17.1. The fraction of sp³-hybridized carbons (Fsp3) is 0.400. The predicted octanol–water partition coefficient (Wildman–Crippen LogP) is 6.87. The Kier molecular flexibility index (Phi) is 6.82. The zero-order valence-corrected chi connectivity index (χ0v) is 25.5. The SMILES string of the molecule is CC(C)(C)[Si](C)(C)Oc1cnn(-c2ncc(NC(=O)N3C[C@@](C)(C(F)(F)F)c4c3cnc3cc(Cl)nn43)cc2Cl)c1. The molecule has 5 heterocycles. The van der Waals surface area contributed by atoms with Gasteiger partial charge in [-0.05, 0) is 31.1 Å². The Labute approximate surface area is 244 Å². The molecule has 10 nitrogen and oxygen atoms in total. The molecule has 0 aliphatic carbocycles. The number of aromatic nitrogens is 6. The summed E-state index contributed by atoms with van der Waals surface area (Å²) in [4.78, 5) is 22.7. The molecule has 1 N–H and O–H groups in total. The molecule has 4 aromatic heterocycles. The molecule has 16 heteroatoms. The highest BCUT2D eigenvalue weighted by Gasteiger charge is 2.60. The van der Waals surface area contributed by atoms with Crippen molar-refractivity contribution >= 4 is 54.6 Å². The standard InChI is InChI=1S/C25H27Cl2F3N8O2Si/c1-23(2,3)41(5,6)40-15-10-33-37(12-15)21-16(26)7-14(9-32-21)34-22(39)36-13-24(4,25(28,29)30)20-17(36)11-31-19-8-18(27)35-38(19)20/h7-12H,13H2,1-6H3,(H,34,39)/t24-/m1/s1. The van der Waals surface area contributed by atoms with Crippen molar-refractivity contribution in [3.8, 4) is 11.6 Å². The van der Waals surface area contributed by atoms with E-state index in [1.165, 1.54) is 29.2 Å². The van der Waals surface area contributed by atoms with Crippen molar-refractivity contribution in [2.24, 2.45) is 0 Å². The van der Waals surface area contributed by atoms with Crippen molar-refractivity contribution in [3.05, 3.63) is 52.8 Å². The number of amides is 2. The summed E-state index contributed by atoms with van der Waals surface area (Å²) in [5.41, 5.74) is -2.41. The Morgan fingerprint density at radius 2 is 1.83 bits per heavy atom. The number of carbonyl (C=O) groups excluding carboxylic acids is 1. The summed E-state index contributed by atoms with van der Waals surface area (Å²) in [6.45, 7) is 10.9. The van der Waals surface area contributed by atoms with Crippen LogP contribution in [0.3, 0.4) is 0 Å². The topological polar surface area (TPSA) is 102 Å². The zero-order valence-electron chi connectivity index (χ0n) is 23.0. The number of nitrogens with zero attached hydrogens (tertiary/aromatic N) is 7. The van der Waals surface area contributed by atoms with Gasteiger partial charge in [0.2, 0.25) is 0 Å². The minimum Gasteiger partial charge on any atom is -0.541 e. The molecule has 1 atom stereocenters. The smallest absolute Gasteiger partial charge is 0.401 e. The van der Waals surface area contributed by atoms with Gasteiger partial charge < -0.3 is 9.74 Å². The fourth-order valence-electron chi connectivity index (χ4n) is 4.27. The maximum atomic E-state index is 14.3. The van der Waals surface area contributed by atoms with Gasteiger partial charge in [0, 0.05) is 12.6 Å². The number of hydrogen-bond acceptors (Lipinski definition) is 6. The first kappa shape index (κ1) is 29.1. The Balaban J connectivity index is 1.40. The molecule has 0 fully saturated rings. The lowest BCUT2D eigenvalue weighted by Crippen LogP contribution is -2.46. The minimum absolute atomic E-state index is 0.00819. The highest BCUT2D eigenvalue weighted by Crippen LogP contribution is 2.50. The summed E-state index contributed by atoms with van der Waals surface area (Å²) in [7, 11) is -2.09. The largest absolute Gasteiger partial charge is 0.541 e. The van der Waals surface area contributed by atoms with Gasteiger partial charge in [0.1, 0.15) is 11.2 Å². The van der Waals surface area contributed by atoms with Crippen molar-refractivity contribution in [1.29, 1.82) is 0 Å². The van der Waals surface area contributed by atoms with Crippen LogP contribution in [-0.4, -0.2) is 56.4 Å².